The molecule has 1 amide bonds. The van der Waals surface area contributed by atoms with Gasteiger partial charge in [-0.05, 0) is 24.1 Å². The first-order valence-corrected chi connectivity index (χ1v) is 6.30. The third kappa shape index (κ3) is 5.68. The van der Waals surface area contributed by atoms with E-state index in [-0.39, 0.29) is 11.8 Å². The molecule has 1 atom stereocenters. The van der Waals surface area contributed by atoms with E-state index in [1.807, 2.05) is 19.9 Å². The fourth-order valence-electron chi connectivity index (χ4n) is 1.45. The van der Waals surface area contributed by atoms with Crippen molar-refractivity contribution >= 4 is 5.91 Å². The van der Waals surface area contributed by atoms with Crippen molar-refractivity contribution in [2.45, 2.75) is 33.2 Å². The molecular formula is C14H19F2NO2. The number of halogens is 2. The number of alkyl halides is 2. The standard InChI is InChI=1S/C14H19F2NO2/c1-3-10(2)14(18)17-8-11-5-4-6-12(7-11)19-9-13(15)16/h4-7,10,13H,3,8-9H2,1-2H3,(H,17,18). The SMILES string of the molecule is CCC(C)C(=O)NCc1cccc(OCC(F)F)c1. The number of hydrogen-bond acceptors (Lipinski definition) is 2. The van der Waals surface area contributed by atoms with Crippen LogP contribution in [0.1, 0.15) is 25.8 Å². The van der Waals surface area contributed by atoms with E-state index >= 15 is 0 Å². The summed E-state index contributed by atoms with van der Waals surface area (Å²) in [7, 11) is 0. The highest BCUT2D eigenvalue weighted by Gasteiger charge is 2.10. The predicted octanol–water partition coefficient (Wildman–Crippen LogP) is 2.99. The molecule has 1 rings (SSSR count). The number of carbonyl (C=O) groups is 1. The molecule has 0 saturated carbocycles. The first kappa shape index (κ1) is 15.4. The van der Waals surface area contributed by atoms with E-state index in [4.69, 9.17) is 4.74 Å². The molecule has 19 heavy (non-hydrogen) atoms. The third-order valence-corrected chi connectivity index (χ3v) is 2.80. The maximum Gasteiger partial charge on any atom is 0.272 e. The molecule has 1 N–H and O–H groups in total. The summed E-state index contributed by atoms with van der Waals surface area (Å²) in [5.41, 5.74) is 0.823. The van der Waals surface area contributed by atoms with Crippen LogP contribution in [0.25, 0.3) is 0 Å². The molecule has 3 nitrogen and oxygen atoms in total. The molecule has 0 aliphatic heterocycles. The minimum atomic E-state index is -2.49. The number of nitrogens with one attached hydrogen (secondary N) is 1. The van der Waals surface area contributed by atoms with E-state index in [9.17, 15) is 13.6 Å². The average Bonchev–Trinajstić information content (AvgIpc) is 2.42. The lowest BCUT2D eigenvalue weighted by atomic mass is 10.1. The Labute approximate surface area is 112 Å². The van der Waals surface area contributed by atoms with Crippen molar-refractivity contribution in [1.82, 2.24) is 5.32 Å². The van der Waals surface area contributed by atoms with E-state index in [1.165, 1.54) is 0 Å². The van der Waals surface area contributed by atoms with Crippen molar-refractivity contribution in [3.63, 3.8) is 0 Å². The minimum absolute atomic E-state index is 0.0126. The molecule has 0 bridgehead atoms. The summed E-state index contributed by atoms with van der Waals surface area (Å²) in [6, 6.07) is 6.79. The Morgan fingerprint density at radius 3 is 2.79 bits per heavy atom. The fourth-order valence-corrected chi connectivity index (χ4v) is 1.45. The van der Waals surface area contributed by atoms with Crippen LogP contribution < -0.4 is 10.1 Å². The van der Waals surface area contributed by atoms with Gasteiger partial charge in [-0.2, -0.15) is 0 Å². The second kappa shape index (κ2) is 7.71. The molecule has 0 saturated heterocycles. The maximum absolute atomic E-state index is 12.0. The van der Waals surface area contributed by atoms with E-state index in [0.29, 0.717) is 12.3 Å². The number of rotatable bonds is 7. The minimum Gasteiger partial charge on any atom is -0.488 e. The van der Waals surface area contributed by atoms with Gasteiger partial charge in [0.25, 0.3) is 6.43 Å². The lowest BCUT2D eigenvalue weighted by Crippen LogP contribution is -2.28. The number of hydrogen-bond donors (Lipinski definition) is 1. The lowest BCUT2D eigenvalue weighted by Gasteiger charge is -2.11. The molecule has 0 heterocycles. The van der Waals surface area contributed by atoms with Gasteiger partial charge in [0, 0.05) is 12.5 Å². The molecule has 0 spiro atoms. The summed E-state index contributed by atoms with van der Waals surface area (Å²) >= 11 is 0. The van der Waals surface area contributed by atoms with Crippen LogP contribution in [-0.4, -0.2) is 18.9 Å². The van der Waals surface area contributed by atoms with Gasteiger partial charge in [0.1, 0.15) is 12.4 Å². The van der Waals surface area contributed by atoms with E-state index in [1.54, 1.807) is 18.2 Å². The van der Waals surface area contributed by atoms with Crippen molar-refractivity contribution < 1.29 is 18.3 Å². The molecule has 1 aromatic carbocycles. The second-order valence-corrected chi connectivity index (χ2v) is 4.38. The molecular weight excluding hydrogens is 252 g/mol. The number of amides is 1. The zero-order chi connectivity index (χ0) is 14.3. The van der Waals surface area contributed by atoms with Crippen LogP contribution in [0.3, 0.4) is 0 Å². The summed E-state index contributed by atoms with van der Waals surface area (Å²) < 4.78 is 29.0. The summed E-state index contributed by atoms with van der Waals surface area (Å²) in [5.74, 6) is 0.343. The largest absolute Gasteiger partial charge is 0.488 e. The fraction of sp³-hybridized carbons (Fsp3) is 0.500. The number of ether oxygens (including phenoxy) is 1. The van der Waals surface area contributed by atoms with Crippen molar-refractivity contribution in [1.29, 1.82) is 0 Å². The van der Waals surface area contributed by atoms with Gasteiger partial charge in [-0.25, -0.2) is 8.78 Å². The van der Waals surface area contributed by atoms with E-state index in [0.717, 1.165) is 12.0 Å². The van der Waals surface area contributed by atoms with Crippen molar-refractivity contribution in [3.05, 3.63) is 29.8 Å². The Morgan fingerprint density at radius 1 is 1.42 bits per heavy atom. The smallest absolute Gasteiger partial charge is 0.272 e. The van der Waals surface area contributed by atoms with Crippen molar-refractivity contribution in [2.24, 2.45) is 5.92 Å². The molecule has 5 heteroatoms. The van der Waals surface area contributed by atoms with Crippen LogP contribution in [0, 0.1) is 5.92 Å². The lowest BCUT2D eigenvalue weighted by molar-refractivity contribution is -0.124. The summed E-state index contributed by atoms with van der Waals surface area (Å²) in [6.45, 7) is 3.55. The first-order valence-electron chi connectivity index (χ1n) is 6.30. The van der Waals surface area contributed by atoms with Crippen LogP contribution in [0.5, 0.6) is 5.75 Å². The Bertz CT molecular complexity index is 410. The first-order chi connectivity index (χ1) is 9.02. The van der Waals surface area contributed by atoms with Crippen molar-refractivity contribution in [2.75, 3.05) is 6.61 Å². The number of carbonyl (C=O) groups excluding carboxylic acids is 1. The highest BCUT2D eigenvalue weighted by atomic mass is 19.3. The molecule has 0 aromatic heterocycles. The maximum atomic E-state index is 12.0. The molecule has 0 radical (unpaired) electrons. The van der Waals surface area contributed by atoms with Gasteiger partial charge in [-0.1, -0.05) is 26.0 Å². The Morgan fingerprint density at radius 2 is 2.16 bits per heavy atom. The molecule has 0 aliphatic carbocycles. The van der Waals surface area contributed by atoms with Gasteiger partial charge in [-0.3, -0.25) is 4.79 Å². The average molecular weight is 271 g/mol. The summed E-state index contributed by atoms with van der Waals surface area (Å²) in [4.78, 5) is 11.6. The highest BCUT2D eigenvalue weighted by molar-refractivity contribution is 5.78. The van der Waals surface area contributed by atoms with Gasteiger partial charge in [0.05, 0.1) is 0 Å². The zero-order valence-corrected chi connectivity index (χ0v) is 11.2. The Balaban J connectivity index is 2.50. The van der Waals surface area contributed by atoms with Crippen LogP contribution in [-0.2, 0) is 11.3 Å². The van der Waals surface area contributed by atoms with E-state index in [2.05, 4.69) is 5.32 Å². The van der Waals surface area contributed by atoms with Gasteiger partial charge in [-0.15, -0.1) is 0 Å². The van der Waals surface area contributed by atoms with Gasteiger partial charge < -0.3 is 10.1 Å². The summed E-state index contributed by atoms with van der Waals surface area (Å²) in [6.07, 6.45) is -1.71. The Hall–Kier alpha value is -1.65. The highest BCUT2D eigenvalue weighted by Crippen LogP contribution is 2.14. The third-order valence-electron chi connectivity index (χ3n) is 2.80. The monoisotopic (exact) mass is 271 g/mol. The second-order valence-electron chi connectivity index (χ2n) is 4.38. The van der Waals surface area contributed by atoms with E-state index < -0.39 is 13.0 Å². The predicted molar refractivity (Wildman–Crippen MR) is 69.2 cm³/mol. The normalized spacial score (nSPS) is 12.3. The molecule has 106 valence electrons. The van der Waals surface area contributed by atoms with Gasteiger partial charge in [0.15, 0.2) is 0 Å². The quantitative estimate of drug-likeness (QED) is 0.828. The molecule has 1 aromatic rings. The van der Waals surface area contributed by atoms with Crippen LogP contribution in [0.15, 0.2) is 24.3 Å². The summed E-state index contributed by atoms with van der Waals surface area (Å²) in [5, 5.41) is 2.80. The van der Waals surface area contributed by atoms with Gasteiger partial charge in [0.2, 0.25) is 5.91 Å². The topological polar surface area (TPSA) is 38.3 Å². The van der Waals surface area contributed by atoms with Crippen LogP contribution in [0.2, 0.25) is 0 Å². The zero-order valence-electron chi connectivity index (χ0n) is 11.2. The Kier molecular flexibility index (Phi) is 6.25. The van der Waals surface area contributed by atoms with Crippen LogP contribution in [0.4, 0.5) is 8.78 Å². The molecule has 0 fully saturated rings. The van der Waals surface area contributed by atoms with Crippen molar-refractivity contribution in [3.8, 4) is 5.75 Å². The molecule has 1 unspecified atom stereocenters. The van der Waals surface area contributed by atoms with Gasteiger partial charge >= 0.3 is 0 Å². The van der Waals surface area contributed by atoms with Crippen LogP contribution >= 0.6 is 0 Å². The number of benzene rings is 1. The molecule has 0 aliphatic rings.